The Morgan fingerprint density at radius 3 is 2.43 bits per heavy atom. The third-order valence-electron chi connectivity index (χ3n) is 7.10. The molecular formula is C17H26I2N2O2. The molecule has 2 aliphatic heterocycles. The minimum absolute atomic E-state index is 0.0148. The molecule has 0 spiro atoms. The second-order valence-electron chi connectivity index (χ2n) is 8.43. The molecule has 2 bridgehead atoms. The third kappa shape index (κ3) is 2.29. The monoisotopic (exact) mass is 544 g/mol. The van der Waals surface area contributed by atoms with Crippen LogP contribution in [0.25, 0.3) is 0 Å². The number of alkyl halides is 2. The van der Waals surface area contributed by atoms with E-state index >= 15 is 0 Å². The maximum atomic E-state index is 13.1. The van der Waals surface area contributed by atoms with Crippen molar-refractivity contribution in [3.8, 4) is 0 Å². The van der Waals surface area contributed by atoms with Crippen molar-refractivity contribution in [3.63, 3.8) is 0 Å². The summed E-state index contributed by atoms with van der Waals surface area (Å²) in [5.41, 5.74) is -0.138. The first kappa shape index (κ1) is 16.1. The zero-order valence-electron chi connectivity index (χ0n) is 13.7. The second kappa shape index (κ2) is 5.19. The molecular weight excluding hydrogens is 518 g/mol. The van der Waals surface area contributed by atoms with E-state index in [0.717, 1.165) is 24.7 Å². The normalized spacial score (nSPS) is 42.7. The Morgan fingerprint density at radius 2 is 1.91 bits per heavy atom. The molecule has 5 aliphatic rings. The number of hydrogen-bond acceptors (Lipinski definition) is 4. The van der Waals surface area contributed by atoms with Crippen LogP contribution < -0.4 is 7.06 Å². The molecule has 0 amide bonds. The summed E-state index contributed by atoms with van der Waals surface area (Å²) < 4.78 is 13.0. The molecule has 4 nitrogen and oxygen atoms in total. The van der Waals surface area contributed by atoms with Crippen molar-refractivity contribution in [1.82, 2.24) is 7.06 Å². The Morgan fingerprint density at radius 1 is 1.22 bits per heavy atom. The van der Waals surface area contributed by atoms with Crippen LogP contribution in [0.15, 0.2) is 0 Å². The Labute approximate surface area is 159 Å². The van der Waals surface area contributed by atoms with Crippen molar-refractivity contribution in [2.45, 2.75) is 77.4 Å². The summed E-state index contributed by atoms with van der Waals surface area (Å²) in [4.78, 5) is 13.1. The summed E-state index contributed by atoms with van der Waals surface area (Å²) in [5, 5.41) is 0. The number of fused-ring (bicyclic) bond motifs is 3. The predicted octanol–water partition coefficient (Wildman–Crippen LogP) is 4.06. The van der Waals surface area contributed by atoms with Crippen LogP contribution in [0.5, 0.6) is 0 Å². The molecule has 0 aromatic heterocycles. The van der Waals surface area contributed by atoms with Crippen LogP contribution in [0.2, 0.25) is 0 Å². The van der Waals surface area contributed by atoms with E-state index in [1.54, 1.807) is 0 Å². The van der Waals surface area contributed by atoms with Gasteiger partial charge in [0.1, 0.15) is 0 Å². The number of carbonyl (C=O) groups excluding carboxylic acids is 1. The molecule has 6 heteroatoms. The quantitative estimate of drug-likeness (QED) is 0.140. The van der Waals surface area contributed by atoms with Gasteiger partial charge >= 0.3 is 161 Å². The molecule has 0 aromatic rings. The fraction of sp³-hybridized carbons (Fsp3) is 0.941. The zero-order chi connectivity index (χ0) is 15.9. The van der Waals surface area contributed by atoms with Crippen molar-refractivity contribution < 1.29 is 9.53 Å². The number of esters is 1. The number of carbonyl (C=O) groups is 1. The van der Waals surface area contributed by atoms with Crippen molar-refractivity contribution in [2.24, 2.45) is 17.8 Å². The van der Waals surface area contributed by atoms with E-state index in [0.29, 0.717) is 5.92 Å². The van der Waals surface area contributed by atoms with Gasteiger partial charge in [-0.05, 0) is 0 Å². The van der Waals surface area contributed by atoms with Crippen molar-refractivity contribution in [2.75, 3.05) is 0 Å². The van der Waals surface area contributed by atoms with Gasteiger partial charge in [0.05, 0.1) is 0 Å². The van der Waals surface area contributed by atoms with E-state index in [1.165, 1.54) is 44.9 Å². The summed E-state index contributed by atoms with van der Waals surface area (Å²) >= 11 is 1.21. The Kier molecular flexibility index (Phi) is 3.62. The number of ether oxygens (including phenoxy) is 1. The van der Waals surface area contributed by atoms with Gasteiger partial charge < -0.3 is 0 Å². The van der Waals surface area contributed by atoms with Gasteiger partial charge in [-0.15, -0.1) is 0 Å². The van der Waals surface area contributed by atoms with Crippen LogP contribution in [0.4, 0.5) is 0 Å². The van der Waals surface area contributed by atoms with Crippen LogP contribution in [0, 0.1) is 17.8 Å². The molecule has 2 saturated heterocycles. The summed E-state index contributed by atoms with van der Waals surface area (Å²) in [6, 6.07) is 0. The molecule has 23 heavy (non-hydrogen) atoms. The zero-order valence-corrected chi connectivity index (χ0v) is 18.0. The first-order chi connectivity index (χ1) is 11.0. The molecule has 3 saturated carbocycles. The van der Waals surface area contributed by atoms with Gasteiger partial charge in [0.25, 0.3) is 0 Å². The number of halogens is 2. The molecule has 4 unspecified atom stereocenters. The SMILES string of the molecule is CC(I)(C(=O)OC1(C2CC3CCC2C3)CCCCC1)C12NI1N2. The average molecular weight is 544 g/mol. The van der Waals surface area contributed by atoms with Gasteiger partial charge in [0.15, 0.2) is 0 Å². The van der Waals surface area contributed by atoms with Gasteiger partial charge in [0.2, 0.25) is 0 Å². The second-order valence-corrected chi connectivity index (χ2v) is 14.9. The Bertz CT molecular complexity index is 541. The first-order valence-corrected chi connectivity index (χ1v) is 13.5. The van der Waals surface area contributed by atoms with E-state index in [4.69, 9.17) is 4.74 Å². The van der Waals surface area contributed by atoms with Crippen molar-refractivity contribution in [3.05, 3.63) is 0 Å². The molecule has 5 fully saturated rings. The minimum atomic E-state index is -1.13. The topological polar surface area (TPSA) is 70.2 Å². The van der Waals surface area contributed by atoms with E-state index in [2.05, 4.69) is 36.6 Å². The molecule has 130 valence electrons. The molecule has 0 aromatic carbocycles. The third-order valence-corrected chi connectivity index (χ3v) is 14.2. The first-order valence-electron chi connectivity index (χ1n) is 9.15. The standard InChI is InChI=1S/C17H26I2N2O2/c1-15(18,17-19(20-17)21-17)14(22)23-16(7-3-2-4-8-16)13-10-11-5-6-12(13)9-11/h11-13,20-21H,2-10H2,1H3. The number of hydrogen-bond donors (Lipinski definition) is 2. The molecule has 3 aliphatic carbocycles. The molecule has 4 atom stereocenters. The average Bonchev–Trinajstić information content (AvgIpc) is 3.30. The number of rotatable bonds is 4. The summed E-state index contributed by atoms with van der Waals surface area (Å²) in [7, 11) is 0. The van der Waals surface area contributed by atoms with Crippen LogP contribution >= 0.6 is 43.0 Å². The Balaban J connectivity index is 1.39. The predicted molar refractivity (Wildman–Crippen MR) is 106 cm³/mol. The maximum absolute atomic E-state index is 13.1. The van der Waals surface area contributed by atoms with Gasteiger partial charge in [-0.3, -0.25) is 0 Å². The summed E-state index contributed by atoms with van der Waals surface area (Å²) in [6.45, 7) is 2.07. The fourth-order valence-electron chi connectivity index (χ4n) is 5.59. The fourth-order valence-corrected chi connectivity index (χ4v) is 13.3. The van der Waals surface area contributed by atoms with Gasteiger partial charge in [0, 0.05) is 0 Å². The van der Waals surface area contributed by atoms with Crippen LogP contribution in [-0.2, 0) is 9.53 Å². The summed E-state index contributed by atoms with van der Waals surface area (Å²) in [5.74, 6) is 2.43. The van der Waals surface area contributed by atoms with Crippen LogP contribution in [0.1, 0.15) is 64.7 Å². The van der Waals surface area contributed by atoms with Gasteiger partial charge in [-0.1, -0.05) is 0 Å². The van der Waals surface area contributed by atoms with Crippen LogP contribution in [0.3, 0.4) is 0 Å². The van der Waals surface area contributed by atoms with Gasteiger partial charge in [-0.2, -0.15) is 0 Å². The summed E-state index contributed by atoms with van der Waals surface area (Å²) in [6.07, 6.45) is 11.5. The number of nitrogens with one attached hydrogen (secondary N) is 2. The molecule has 5 rings (SSSR count). The van der Waals surface area contributed by atoms with Crippen molar-refractivity contribution >= 4 is 48.9 Å². The van der Waals surface area contributed by atoms with Crippen molar-refractivity contribution in [1.29, 1.82) is 0 Å². The van der Waals surface area contributed by atoms with Crippen LogP contribution in [-0.4, -0.2) is 18.7 Å². The molecule has 2 heterocycles. The van der Waals surface area contributed by atoms with E-state index in [1.807, 2.05) is 0 Å². The van der Waals surface area contributed by atoms with Gasteiger partial charge in [-0.25, -0.2) is 0 Å². The molecule has 0 radical (unpaired) electrons. The molecule has 2 N–H and O–H groups in total. The van der Waals surface area contributed by atoms with E-state index in [9.17, 15) is 4.79 Å². The van der Waals surface area contributed by atoms with E-state index in [-0.39, 0.29) is 15.2 Å². The van der Waals surface area contributed by atoms with E-state index < -0.39 is 23.8 Å². The Hall–Kier alpha value is 0.850.